The minimum atomic E-state index is -0.488. The van der Waals surface area contributed by atoms with Gasteiger partial charge < -0.3 is 20.1 Å². The molecule has 3 aromatic rings. The maximum Gasteiger partial charge on any atom is 0.340 e. The molecule has 0 aliphatic rings. The normalized spacial score (nSPS) is 10.7. The molecular weight excluding hydrogens is 404 g/mol. The predicted molar refractivity (Wildman–Crippen MR) is 127 cm³/mol. The fraction of sp³-hybridized carbons (Fsp3) is 0.231. The Labute approximate surface area is 188 Å². The van der Waals surface area contributed by atoms with Crippen molar-refractivity contribution in [1.29, 1.82) is 0 Å². The van der Waals surface area contributed by atoms with Crippen molar-refractivity contribution in [3.63, 3.8) is 0 Å². The van der Waals surface area contributed by atoms with Crippen LogP contribution in [0.15, 0.2) is 72.8 Å². The first kappa shape index (κ1) is 22.9. The standard InChI is InChI=1S/C26H28N2O4/c1-17(2)31-25(29)21-15-24(28-20-13-9-6-10-14-20)22(26(30)32-18(3)4)16-23(21)27-19-11-7-5-8-12-19/h5-18,27-28H,1-4H3. The second-order valence-electron chi connectivity index (χ2n) is 7.83. The lowest BCUT2D eigenvalue weighted by atomic mass is 10.0. The number of anilines is 4. The zero-order valence-corrected chi connectivity index (χ0v) is 18.7. The van der Waals surface area contributed by atoms with Gasteiger partial charge in [0.1, 0.15) is 0 Å². The van der Waals surface area contributed by atoms with Crippen LogP contribution in [0.4, 0.5) is 22.7 Å². The van der Waals surface area contributed by atoms with E-state index in [0.717, 1.165) is 11.4 Å². The molecule has 0 aliphatic heterocycles. The molecule has 2 N–H and O–H groups in total. The fourth-order valence-electron chi connectivity index (χ4n) is 3.05. The van der Waals surface area contributed by atoms with Gasteiger partial charge in [0, 0.05) is 11.4 Å². The lowest BCUT2D eigenvalue weighted by Crippen LogP contribution is -2.17. The number of hydrogen-bond donors (Lipinski definition) is 2. The first-order valence-electron chi connectivity index (χ1n) is 10.6. The monoisotopic (exact) mass is 432 g/mol. The molecule has 6 nitrogen and oxygen atoms in total. The van der Waals surface area contributed by atoms with E-state index in [-0.39, 0.29) is 12.2 Å². The van der Waals surface area contributed by atoms with Gasteiger partial charge in [0.15, 0.2) is 0 Å². The molecule has 6 heteroatoms. The topological polar surface area (TPSA) is 76.7 Å². The van der Waals surface area contributed by atoms with Crippen LogP contribution in [0, 0.1) is 0 Å². The third kappa shape index (κ3) is 6.11. The highest BCUT2D eigenvalue weighted by atomic mass is 16.5. The van der Waals surface area contributed by atoms with E-state index in [0.29, 0.717) is 22.5 Å². The van der Waals surface area contributed by atoms with Gasteiger partial charge in [-0.2, -0.15) is 0 Å². The predicted octanol–water partition coefficient (Wildman–Crippen LogP) is 6.30. The molecule has 0 atom stereocenters. The number of carbonyl (C=O) groups is 2. The average Bonchev–Trinajstić information content (AvgIpc) is 2.75. The summed E-state index contributed by atoms with van der Waals surface area (Å²) in [4.78, 5) is 25.8. The van der Waals surface area contributed by atoms with Gasteiger partial charge >= 0.3 is 11.9 Å². The van der Waals surface area contributed by atoms with Crippen LogP contribution >= 0.6 is 0 Å². The van der Waals surface area contributed by atoms with Gasteiger partial charge in [-0.05, 0) is 64.1 Å². The minimum Gasteiger partial charge on any atom is -0.459 e. The average molecular weight is 433 g/mol. The van der Waals surface area contributed by atoms with E-state index in [1.54, 1.807) is 39.8 Å². The third-order valence-corrected chi connectivity index (χ3v) is 4.39. The Morgan fingerprint density at radius 1 is 0.625 bits per heavy atom. The Morgan fingerprint density at radius 3 is 1.28 bits per heavy atom. The van der Waals surface area contributed by atoms with Crippen molar-refractivity contribution in [2.24, 2.45) is 0 Å². The van der Waals surface area contributed by atoms with E-state index < -0.39 is 11.9 Å². The molecule has 166 valence electrons. The minimum absolute atomic E-state index is 0.289. The molecule has 3 aromatic carbocycles. The first-order chi connectivity index (χ1) is 15.3. The number of rotatable bonds is 8. The summed E-state index contributed by atoms with van der Waals surface area (Å²) < 4.78 is 10.9. The summed E-state index contributed by atoms with van der Waals surface area (Å²) in [6, 6.07) is 22.1. The fourth-order valence-corrected chi connectivity index (χ4v) is 3.05. The quantitative estimate of drug-likeness (QED) is 0.407. The number of hydrogen-bond acceptors (Lipinski definition) is 6. The van der Waals surface area contributed by atoms with E-state index in [9.17, 15) is 9.59 Å². The lowest BCUT2D eigenvalue weighted by Gasteiger charge is -2.19. The molecule has 0 saturated heterocycles. The molecule has 0 aliphatic carbocycles. The van der Waals surface area contributed by atoms with Crippen molar-refractivity contribution in [1.82, 2.24) is 0 Å². The summed E-state index contributed by atoms with van der Waals surface area (Å²) in [5.74, 6) is -0.975. The maximum atomic E-state index is 12.9. The molecular formula is C26H28N2O4. The largest absolute Gasteiger partial charge is 0.459 e. The number of nitrogens with one attached hydrogen (secondary N) is 2. The molecule has 0 spiro atoms. The Balaban J connectivity index is 2.12. The maximum absolute atomic E-state index is 12.9. The Bertz CT molecular complexity index is 977. The highest BCUT2D eigenvalue weighted by Crippen LogP contribution is 2.32. The van der Waals surface area contributed by atoms with Gasteiger partial charge in [0.25, 0.3) is 0 Å². The zero-order valence-electron chi connectivity index (χ0n) is 18.7. The van der Waals surface area contributed by atoms with Crippen LogP contribution in [0.25, 0.3) is 0 Å². The number of ether oxygens (including phenoxy) is 2. The van der Waals surface area contributed by atoms with Crippen molar-refractivity contribution in [3.05, 3.63) is 83.9 Å². The summed E-state index contributed by atoms with van der Waals surface area (Å²) in [5, 5.41) is 6.46. The molecule has 0 fully saturated rings. The Kier molecular flexibility index (Phi) is 7.49. The van der Waals surface area contributed by atoms with E-state index in [4.69, 9.17) is 9.47 Å². The number of carbonyl (C=O) groups excluding carboxylic acids is 2. The molecule has 32 heavy (non-hydrogen) atoms. The SMILES string of the molecule is CC(C)OC(=O)c1cc(Nc2ccccc2)c(C(=O)OC(C)C)cc1Nc1ccccc1. The Hall–Kier alpha value is -3.80. The van der Waals surface area contributed by atoms with Gasteiger partial charge in [0.05, 0.1) is 34.7 Å². The molecule has 3 rings (SSSR count). The van der Waals surface area contributed by atoms with Crippen LogP contribution in [0.1, 0.15) is 48.4 Å². The summed E-state index contributed by atoms with van der Waals surface area (Å²) in [6.07, 6.45) is -0.577. The summed E-state index contributed by atoms with van der Waals surface area (Å²) in [7, 11) is 0. The molecule has 0 bridgehead atoms. The third-order valence-electron chi connectivity index (χ3n) is 4.39. The van der Waals surface area contributed by atoms with Gasteiger partial charge in [-0.15, -0.1) is 0 Å². The zero-order chi connectivity index (χ0) is 23.1. The smallest absolute Gasteiger partial charge is 0.340 e. The summed E-state index contributed by atoms with van der Waals surface area (Å²) >= 11 is 0. The van der Waals surface area contributed by atoms with E-state index in [1.807, 2.05) is 60.7 Å². The van der Waals surface area contributed by atoms with Crippen LogP contribution < -0.4 is 10.6 Å². The molecule has 0 heterocycles. The lowest BCUT2D eigenvalue weighted by molar-refractivity contribution is 0.0363. The van der Waals surface area contributed by atoms with Gasteiger partial charge in [-0.3, -0.25) is 0 Å². The van der Waals surface area contributed by atoms with Crippen LogP contribution in [0.2, 0.25) is 0 Å². The summed E-state index contributed by atoms with van der Waals surface area (Å²) in [5.41, 5.74) is 3.08. The van der Waals surface area contributed by atoms with Crippen molar-refractivity contribution in [2.75, 3.05) is 10.6 Å². The van der Waals surface area contributed by atoms with Gasteiger partial charge in [-0.1, -0.05) is 36.4 Å². The van der Waals surface area contributed by atoms with E-state index in [1.165, 1.54) is 0 Å². The van der Waals surface area contributed by atoms with Crippen LogP contribution in [-0.2, 0) is 9.47 Å². The molecule has 0 aromatic heterocycles. The number of para-hydroxylation sites is 2. The van der Waals surface area contributed by atoms with E-state index >= 15 is 0 Å². The first-order valence-corrected chi connectivity index (χ1v) is 10.6. The van der Waals surface area contributed by atoms with E-state index in [2.05, 4.69) is 10.6 Å². The molecule has 0 unspecified atom stereocenters. The molecule has 0 saturated carbocycles. The molecule has 0 amide bonds. The second-order valence-corrected chi connectivity index (χ2v) is 7.83. The van der Waals surface area contributed by atoms with Crippen molar-refractivity contribution in [2.45, 2.75) is 39.9 Å². The molecule has 0 radical (unpaired) electrons. The van der Waals surface area contributed by atoms with Crippen molar-refractivity contribution < 1.29 is 19.1 Å². The van der Waals surface area contributed by atoms with Crippen LogP contribution in [0.3, 0.4) is 0 Å². The van der Waals surface area contributed by atoms with Crippen LogP contribution in [-0.4, -0.2) is 24.1 Å². The highest BCUT2D eigenvalue weighted by Gasteiger charge is 2.23. The van der Waals surface area contributed by atoms with Gasteiger partial charge in [-0.25, -0.2) is 9.59 Å². The second kappa shape index (κ2) is 10.5. The van der Waals surface area contributed by atoms with Crippen molar-refractivity contribution in [3.8, 4) is 0 Å². The van der Waals surface area contributed by atoms with Crippen molar-refractivity contribution >= 4 is 34.7 Å². The highest BCUT2D eigenvalue weighted by molar-refractivity contribution is 6.04. The number of esters is 2. The number of benzene rings is 3. The Morgan fingerprint density at radius 2 is 0.969 bits per heavy atom. The van der Waals surface area contributed by atoms with Crippen LogP contribution in [0.5, 0.6) is 0 Å². The summed E-state index contributed by atoms with van der Waals surface area (Å²) in [6.45, 7) is 7.17. The van der Waals surface area contributed by atoms with Gasteiger partial charge in [0.2, 0.25) is 0 Å².